The molecule has 0 aliphatic carbocycles. The number of ether oxygens (including phenoxy) is 1. The van der Waals surface area contributed by atoms with Crippen LogP contribution in [-0.4, -0.2) is 21.4 Å². The van der Waals surface area contributed by atoms with Crippen molar-refractivity contribution in [2.45, 2.75) is 11.3 Å². The summed E-state index contributed by atoms with van der Waals surface area (Å²) in [5, 5.41) is 3.63. The minimum Gasteiger partial charge on any atom is -0.495 e. The first-order valence-electron chi connectivity index (χ1n) is 8.89. The zero-order chi connectivity index (χ0) is 22.6. The smallest absolute Gasteiger partial charge is 0.265 e. The first kappa shape index (κ1) is 23.2. The molecule has 0 aromatic heterocycles. The lowest BCUT2D eigenvalue weighted by atomic mass is 10.1. The summed E-state index contributed by atoms with van der Waals surface area (Å²) in [5.74, 6) is -0.311. The molecule has 31 heavy (non-hydrogen) atoms. The Hall–Kier alpha value is -2.45. The van der Waals surface area contributed by atoms with Gasteiger partial charge in [-0.1, -0.05) is 53.0 Å². The van der Waals surface area contributed by atoms with Crippen molar-refractivity contribution in [3.63, 3.8) is 0 Å². The van der Waals surface area contributed by atoms with Crippen LogP contribution in [0.4, 0.5) is 11.4 Å². The second-order valence-electron chi connectivity index (χ2n) is 6.38. The number of benzene rings is 3. The highest BCUT2D eigenvalue weighted by atomic mass is 35.5. The number of hydrogen-bond acceptors (Lipinski definition) is 4. The lowest BCUT2D eigenvalue weighted by molar-refractivity contribution is -0.115. The number of nitrogens with one attached hydrogen (secondary N) is 2. The average Bonchev–Trinajstić information content (AvgIpc) is 2.72. The second kappa shape index (κ2) is 9.78. The quantitative estimate of drug-likeness (QED) is 0.441. The number of rotatable bonds is 7. The minimum absolute atomic E-state index is 0.0789. The second-order valence-corrected chi connectivity index (χ2v) is 9.25. The number of carbonyl (C=O) groups is 1. The van der Waals surface area contributed by atoms with E-state index in [9.17, 15) is 13.2 Å². The van der Waals surface area contributed by atoms with Crippen LogP contribution < -0.4 is 14.8 Å². The summed E-state index contributed by atoms with van der Waals surface area (Å²) in [6, 6.07) is 15.6. The molecule has 0 aliphatic heterocycles. The number of halogens is 3. The van der Waals surface area contributed by atoms with Gasteiger partial charge >= 0.3 is 0 Å². The lowest BCUT2D eigenvalue weighted by Gasteiger charge is -2.14. The maximum Gasteiger partial charge on any atom is 0.265 e. The fraction of sp³-hybridized carbons (Fsp3) is 0.0952. The summed E-state index contributed by atoms with van der Waals surface area (Å²) >= 11 is 18.3. The van der Waals surface area contributed by atoms with Crippen molar-refractivity contribution in [3.05, 3.63) is 81.3 Å². The molecule has 10 heteroatoms. The van der Waals surface area contributed by atoms with Crippen LogP contribution in [0.15, 0.2) is 65.6 Å². The van der Waals surface area contributed by atoms with Crippen molar-refractivity contribution >= 4 is 62.1 Å². The fourth-order valence-electron chi connectivity index (χ4n) is 2.78. The number of methoxy groups -OCH3 is 1. The summed E-state index contributed by atoms with van der Waals surface area (Å²) in [6.07, 6.45) is -0.0789. The Morgan fingerprint density at radius 1 is 0.935 bits per heavy atom. The van der Waals surface area contributed by atoms with Crippen LogP contribution in [-0.2, 0) is 21.2 Å². The molecule has 1 amide bonds. The van der Waals surface area contributed by atoms with Crippen molar-refractivity contribution in [2.75, 3.05) is 17.1 Å². The highest BCUT2D eigenvalue weighted by Gasteiger charge is 2.22. The molecule has 6 nitrogen and oxygen atoms in total. The minimum atomic E-state index is -4.06. The van der Waals surface area contributed by atoms with E-state index in [0.29, 0.717) is 15.6 Å². The Morgan fingerprint density at radius 3 is 2.23 bits per heavy atom. The molecule has 0 radical (unpaired) electrons. The van der Waals surface area contributed by atoms with Crippen LogP contribution in [0.25, 0.3) is 0 Å². The number of carbonyl (C=O) groups excluding carboxylic acids is 1. The maximum absolute atomic E-state index is 13.0. The number of sulfonamides is 1. The topological polar surface area (TPSA) is 84.5 Å². The Balaban J connectivity index is 1.86. The zero-order valence-corrected chi connectivity index (χ0v) is 19.2. The van der Waals surface area contributed by atoms with E-state index < -0.39 is 15.9 Å². The van der Waals surface area contributed by atoms with Crippen molar-refractivity contribution in [1.82, 2.24) is 0 Å². The normalized spacial score (nSPS) is 11.1. The molecule has 0 bridgehead atoms. The van der Waals surface area contributed by atoms with Crippen LogP contribution in [0.3, 0.4) is 0 Å². The van der Waals surface area contributed by atoms with E-state index in [1.165, 1.54) is 31.4 Å². The molecule has 3 rings (SSSR count). The fourth-order valence-corrected chi connectivity index (χ4v) is 4.82. The van der Waals surface area contributed by atoms with E-state index in [0.717, 1.165) is 0 Å². The molecule has 3 aromatic rings. The Morgan fingerprint density at radius 2 is 1.58 bits per heavy atom. The van der Waals surface area contributed by atoms with Crippen molar-refractivity contribution in [2.24, 2.45) is 0 Å². The van der Waals surface area contributed by atoms with Crippen LogP contribution >= 0.6 is 34.8 Å². The third-order valence-corrected chi connectivity index (χ3v) is 6.68. The highest BCUT2D eigenvalue weighted by Crippen LogP contribution is 2.31. The Labute approximate surface area is 195 Å². The number of anilines is 2. The van der Waals surface area contributed by atoms with Crippen molar-refractivity contribution in [3.8, 4) is 5.75 Å². The zero-order valence-electron chi connectivity index (χ0n) is 16.2. The van der Waals surface area contributed by atoms with Gasteiger partial charge in [0.25, 0.3) is 10.0 Å². The monoisotopic (exact) mass is 498 g/mol. The average molecular weight is 500 g/mol. The summed E-state index contributed by atoms with van der Waals surface area (Å²) in [4.78, 5) is 12.3. The molecule has 2 N–H and O–H groups in total. The molecule has 0 unspecified atom stereocenters. The molecule has 0 saturated carbocycles. The first-order chi connectivity index (χ1) is 14.7. The number of hydrogen-bond donors (Lipinski definition) is 2. The van der Waals surface area contributed by atoms with Gasteiger partial charge in [0.15, 0.2) is 0 Å². The Kier molecular flexibility index (Phi) is 7.33. The molecular weight excluding hydrogens is 483 g/mol. The van der Waals surface area contributed by atoms with Gasteiger partial charge in [0.05, 0.1) is 24.2 Å². The highest BCUT2D eigenvalue weighted by molar-refractivity contribution is 7.92. The van der Waals surface area contributed by atoms with Crippen LogP contribution in [0.2, 0.25) is 15.1 Å². The predicted molar refractivity (Wildman–Crippen MR) is 124 cm³/mol. The third kappa shape index (κ3) is 5.62. The first-order valence-corrected chi connectivity index (χ1v) is 11.5. The van der Waals surface area contributed by atoms with Gasteiger partial charge < -0.3 is 10.1 Å². The summed E-state index contributed by atoms with van der Waals surface area (Å²) in [5.41, 5.74) is 0.951. The van der Waals surface area contributed by atoms with Crippen LogP contribution in [0.5, 0.6) is 5.75 Å². The molecule has 0 atom stereocenters. The summed E-state index contributed by atoms with van der Waals surface area (Å²) in [7, 11) is -2.71. The molecular formula is C21H17Cl3N2O4S. The maximum atomic E-state index is 13.0. The van der Waals surface area contributed by atoms with Gasteiger partial charge in [-0.15, -0.1) is 0 Å². The van der Waals surface area contributed by atoms with Gasteiger partial charge in [0, 0.05) is 15.7 Å². The van der Waals surface area contributed by atoms with E-state index in [2.05, 4.69) is 10.0 Å². The standard InChI is InChI=1S/C21H17Cl3N2O4S/c1-30-19-10-9-13(25-21(27)12-14-15(22)6-4-7-16(14)23)11-20(19)31(28,29)26-18-8-3-2-5-17(18)24/h2-11,26H,12H2,1H3,(H,25,27). The number of para-hydroxylation sites is 1. The molecule has 0 saturated heterocycles. The summed E-state index contributed by atoms with van der Waals surface area (Å²) < 4.78 is 33.5. The van der Waals surface area contributed by atoms with Gasteiger partial charge in [-0.05, 0) is 48.0 Å². The van der Waals surface area contributed by atoms with E-state index >= 15 is 0 Å². The van der Waals surface area contributed by atoms with Gasteiger partial charge in [-0.25, -0.2) is 8.42 Å². The molecule has 0 fully saturated rings. The summed E-state index contributed by atoms with van der Waals surface area (Å²) in [6.45, 7) is 0. The van der Waals surface area contributed by atoms with E-state index in [-0.39, 0.29) is 33.5 Å². The van der Waals surface area contributed by atoms with Gasteiger partial charge in [0.1, 0.15) is 10.6 Å². The van der Waals surface area contributed by atoms with Crippen molar-refractivity contribution < 1.29 is 17.9 Å². The van der Waals surface area contributed by atoms with Crippen LogP contribution in [0, 0.1) is 0 Å². The SMILES string of the molecule is COc1ccc(NC(=O)Cc2c(Cl)cccc2Cl)cc1S(=O)(=O)Nc1ccccc1Cl. The van der Waals surface area contributed by atoms with Gasteiger partial charge in [0.2, 0.25) is 5.91 Å². The molecule has 0 aliphatic rings. The van der Waals surface area contributed by atoms with Crippen molar-refractivity contribution in [1.29, 1.82) is 0 Å². The van der Waals surface area contributed by atoms with Gasteiger partial charge in [-0.2, -0.15) is 0 Å². The van der Waals surface area contributed by atoms with E-state index in [1.54, 1.807) is 36.4 Å². The Bertz CT molecular complexity index is 1210. The predicted octanol–water partition coefficient (Wildman–Crippen LogP) is 5.64. The van der Waals surface area contributed by atoms with E-state index in [4.69, 9.17) is 39.5 Å². The van der Waals surface area contributed by atoms with Crippen LogP contribution in [0.1, 0.15) is 5.56 Å². The largest absolute Gasteiger partial charge is 0.495 e. The lowest BCUT2D eigenvalue weighted by Crippen LogP contribution is -2.17. The molecule has 3 aromatic carbocycles. The molecule has 162 valence electrons. The van der Waals surface area contributed by atoms with Gasteiger partial charge in [-0.3, -0.25) is 9.52 Å². The number of amides is 1. The third-order valence-electron chi connectivity index (χ3n) is 4.25. The molecule has 0 spiro atoms. The van der Waals surface area contributed by atoms with E-state index in [1.807, 2.05) is 0 Å². The molecule has 0 heterocycles.